The number of benzene rings is 1. The van der Waals surface area contributed by atoms with E-state index < -0.39 is 12.5 Å². The fourth-order valence-electron chi connectivity index (χ4n) is 2.25. The lowest BCUT2D eigenvalue weighted by Crippen LogP contribution is -2.31. The second-order valence-corrected chi connectivity index (χ2v) is 4.94. The Morgan fingerprint density at radius 2 is 2.25 bits per heavy atom. The predicted molar refractivity (Wildman–Crippen MR) is 70.5 cm³/mol. The number of alkyl halides is 2. The second kappa shape index (κ2) is 6.37. The van der Waals surface area contributed by atoms with Crippen LogP contribution < -0.4 is 14.8 Å². The van der Waals surface area contributed by atoms with Gasteiger partial charge in [-0.25, -0.2) is 8.78 Å². The fraction of sp³-hybridized carbons (Fsp3) is 0.571. The maximum atomic E-state index is 12.2. The molecule has 4 nitrogen and oxygen atoms in total. The van der Waals surface area contributed by atoms with Crippen molar-refractivity contribution in [2.75, 3.05) is 13.7 Å². The Morgan fingerprint density at radius 3 is 2.90 bits per heavy atom. The number of rotatable bonds is 6. The Morgan fingerprint density at radius 1 is 1.50 bits per heavy atom. The molecule has 20 heavy (non-hydrogen) atoms. The number of halogens is 2. The summed E-state index contributed by atoms with van der Waals surface area (Å²) in [4.78, 5) is 0. The highest BCUT2D eigenvalue weighted by atomic mass is 19.3. The van der Waals surface area contributed by atoms with Crippen molar-refractivity contribution in [2.45, 2.75) is 38.5 Å². The van der Waals surface area contributed by atoms with Gasteiger partial charge < -0.3 is 19.9 Å². The summed E-state index contributed by atoms with van der Waals surface area (Å²) in [6.45, 7) is 2.15. The molecule has 2 atom stereocenters. The fourth-order valence-corrected chi connectivity index (χ4v) is 2.25. The van der Waals surface area contributed by atoms with Gasteiger partial charge in [-0.2, -0.15) is 0 Å². The molecule has 0 saturated heterocycles. The van der Waals surface area contributed by atoms with Gasteiger partial charge in [0.05, 0.1) is 7.11 Å². The van der Waals surface area contributed by atoms with Crippen molar-refractivity contribution in [3.05, 3.63) is 23.3 Å². The zero-order valence-corrected chi connectivity index (χ0v) is 11.5. The average molecular weight is 287 g/mol. The third-order valence-electron chi connectivity index (χ3n) is 3.26. The van der Waals surface area contributed by atoms with Crippen molar-refractivity contribution in [1.82, 2.24) is 5.32 Å². The number of nitrogens with one attached hydrogen (secondary N) is 1. The monoisotopic (exact) mass is 287 g/mol. The Bertz CT molecular complexity index is 468. The van der Waals surface area contributed by atoms with Crippen molar-refractivity contribution in [1.29, 1.82) is 0 Å². The molecule has 0 saturated carbocycles. The van der Waals surface area contributed by atoms with E-state index in [1.165, 1.54) is 0 Å². The van der Waals surface area contributed by atoms with Gasteiger partial charge in [-0.3, -0.25) is 0 Å². The zero-order valence-electron chi connectivity index (χ0n) is 11.5. The predicted octanol–water partition coefficient (Wildman–Crippen LogP) is 1.73. The molecule has 0 radical (unpaired) electrons. The van der Waals surface area contributed by atoms with E-state index in [1.807, 2.05) is 19.1 Å². The minimum absolute atomic E-state index is 0.138. The van der Waals surface area contributed by atoms with Crippen LogP contribution in [-0.4, -0.2) is 37.4 Å². The summed E-state index contributed by atoms with van der Waals surface area (Å²) < 4.78 is 35.3. The van der Waals surface area contributed by atoms with E-state index in [2.05, 4.69) is 5.32 Å². The van der Waals surface area contributed by atoms with Gasteiger partial charge in [0.25, 0.3) is 6.43 Å². The molecule has 0 spiro atoms. The van der Waals surface area contributed by atoms with Crippen LogP contribution in [0.25, 0.3) is 0 Å². The lowest BCUT2D eigenvalue weighted by molar-refractivity contribution is -0.00342. The molecule has 112 valence electrons. The first kappa shape index (κ1) is 15.0. The van der Waals surface area contributed by atoms with E-state index in [4.69, 9.17) is 14.6 Å². The smallest absolute Gasteiger partial charge is 0.265 e. The van der Waals surface area contributed by atoms with Gasteiger partial charge in [-0.1, -0.05) is 0 Å². The van der Waals surface area contributed by atoms with E-state index in [1.54, 1.807) is 7.11 Å². The molecule has 0 fully saturated rings. The van der Waals surface area contributed by atoms with Gasteiger partial charge in [0.15, 0.2) is 0 Å². The molecule has 0 amide bonds. The summed E-state index contributed by atoms with van der Waals surface area (Å²) >= 11 is 0. The quantitative estimate of drug-likeness (QED) is 0.836. The Balaban J connectivity index is 2.02. The van der Waals surface area contributed by atoms with E-state index in [0.29, 0.717) is 12.3 Å². The van der Waals surface area contributed by atoms with Crippen LogP contribution in [0, 0.1) is 0 Å². The lowest BCUT2D eigenvalue weighted by atomic mass is 10.1. The third-order valence-corrected chi connectivity index (χ3v) is 3.26. The van der Waals surface area contributed by atoms with Crippen LogP contribution in [0.4, 0.5) is 8.78 Å². The Kier molecular flexibility index (Phi) is 4.77. The molecule has 0 aromatic heterocycles. The average Bonchev–Trinajstić information content (AvgIpc) is 2.76. The molecule has 1 aromatic rings. The highest BCUT2D eigenvalue weighted by Crippen LogP contribution is 2.34. The SMILES string of the molecule is COc1cc2c(cc1CNCC(O)C(F)F)OC(C)C2. The van der Waals surface area contributed by atoms with E-state index in [-0.39, 0.29) is 12.6 Å². The van der Waals surface area contributed by atoms with Crippen LogP contribution in [-0.2, 0) is 13.0 Å². The Labute approximate surface area is 116 Å². The first-order valence-electron chi connectivity index (χ1n) is 6.54. The van der Waals surface area contributed by atoms with Crippen LogP contribution in [0.5, 0.6) is 11.5 Å². The minimum atomic E-state index is -2.74. The molecule has 2 unspecified atom stereocenters. The van der Waals surface area contributed by atoms with Crippen LogP contribution in [0.15, 0.2) is 12.1 Å². The lowest BCUT2D eigenvalue weighted by Gasteiger charge is -2.14. The van der Waals surface area contributed by atoms with Gasteiger partial charge in [0, 0.05) is 30.6 Å². The molecular formula is C14H19F2NO3. The van der Waals surface area contributed by atoms with E-state index >= 15 is 0 Å². The third kappa shape index (κ3) is 3.37. The number of fused-ring (bicyclic) bond motifs is 1. The van der Waals surface area contributed by atoms with Crippen molar-refractivity contribution in [3.63, 3.8) is 0 Å². The topological polar surface area (TPSA) is 50.7 Å². The standard InChI is InChI=1S/C14H19F2NO3/c1-8-3-9-4-12(19-2)10(5-13(9)20-8)6-17-7-11(18)14(15)16/h4-5,8,11,14,17-18H,3,6-7H2,1-2H3. The van der Waals surface area contributed by atoms with Gasteiger partial charge in [0.2, 0.25) is 0 Å². The zero-order chi connectivity index (χ0) is 14.7. The molecule has 1 heterocycles. The molecule has 1 aliphatic heterocycles. The summed E-state index contributed by atoms with van der Waals surface area (Å²) in [6, 6.07) is 3.78. The van der Waals surface area contributed by atoms with Crippen LogP contribution >= 0.6 is 0 Å². The number of ether oxygens (including phenoxy) is 2. The molecule has 0 bridgehead atoms. The normalized spacial score (nSPS) is 18.8. The number of hydrogen-bond acceptors (Lipinski definition) is 4. The maximum absolute atomic E-state index is 12.2. The van der Waals surface area contributed by atoms with Crippen LogP contribution in [0.3, 0.4) is 0 Å². The molecule has 1 aromatic carbocycles. The highest BCUT2D eigenvalue weighted by Gasteiger charge is 2.22. The summed E-state index contributed by atoms with van der Waals surface area (Å²) in [6.07, 6.45) is -3.43. The Hall–Kier alpha value is -1.40. The van der Waals surface area contributed by atoms with E-state index in [9.17, 15) is 8.78 Å². The minimum Gasteiger partial charge on any atom is -0.496 e. The summed E-state index contributed by atoms with van der Waals surface area (Å²) in [5.74, 6) is 1.50. The number of methoxy groups -OCH3 is 1. The van der Waals surface area contributed by atoms with Crippen molar-refractivity contribution < 1.29 is 23.4 Å². The van der Waals surface area contributed by atoms with Crippen molar-refractivity contribution >= 4 is 0 Å². The summed E-state index contributed by atoms with van der Waals surface area (Å²) in [5, 5.41) is 11.8. The second-order valence-electron chi connectivity index (χ2n) is 4.94. The maximum Gasteiger partial charge on any atom is 0.265 e. The van der Waals surface area contributed by atoms with E-state index in [0.717, 1.165) is 23.3 Å². The van der Waals surface area contributed by atoms with Crippen LogP contribution in [0.2, 0.25) is 0 Å². The van der Waals surface area contributed by atoms with Crippen molar-refractivity contribution in [3.8, 4) is 11.5 Å². The van der Waals surface area contributed by atoms with Gasteiger partial charge in [0.1, 0.15) is 23.7 Å². The van der Waals surface area contributed by atoms with Gasteiger partial charge >= 0.3 is 0 Å². The summed E-state index contributed by atoms with van der Waals surface area (Å²) in [7, 11) is 1.57. The number of aliphatic hydroxyl groups is 1. The summed E-state index contributed by atoms with van der Waals surface area (Å²) in [5.41, 5.74) is 1.91. The molecule has 2 rings (SSSR count). The van der Waals surface area contributed by atoms with Gasteiger partial charge in [-0.05, 0) is 19.1 Å². The highest BCUT2D eigenvalue weighted by molar-refractivity contribution is 5.48. The largest absolute Gasteiger partial charge is 0.496 e. The molecule has 2 N–H and O–H groups in total. The molecule has 6 heteroatoms. The first-order valence-corrected chi connectivity index (χ1v) is 6.54. The molecule has 1 aliphatic rings. The van der Waals surface area contributed by atoms with Crippen molar-refractivity contribution in [2.24, 2.45) is 0 Å². The number of hydrogen-bond donors (Lipinski definition) is 2. The molecular weight excluding hydrogens is 268 g/mol. The van der Waals surface area contributed by atoms with Crippen LogP contribution in [0.1, 0.15) is 18.1 Å². The first-order chi connectivity index (χ1) is 9.51. The van der Waals surface area contributed by atoms with Gasteiger partial charge in [-0.15, -0.1) is 0 Å². The number of aliphatic hydroxyl groups excluding tert-OH is 1. The molecule has 0 aliphatic carbocycles.